The molecule has 0 saturated carbocycles. The number of anilines is 1. The maximum atomic E-state index is 12.9. The minimum Gasteiger partial charge on any atom is -0.388 e. The molecule has 0 spiro atoms. The fourth-order valence-corrected chi connectivity index (χ4v) is 1.05. The van der Waals surface area contributed by atoms with Crippen LogP contribution in [-0.4, -0.2) is 18.1 Å². The third-order valence-corrected chi connectivity index (χ3v) is 1.91. The summed E-state index contributed by atoms with van der Waals surface area (Å²) in [5, 5.41) is 3.14. The van der Waals surface area contributed by atoms with Gasteiger partial charge in [0.2, 0.25) is 5.91 Å². The first-order chi connectivity index (χ1) is 6.63. The highest BCUT2D eigenvalue weighted by Crippen LogP contribution is 2.10. The minimum absolute atomic E-state index is 0.000667. The Balaban J connectivity index is 2.64. The van der Waals surface area contributed by atoms with Gasteiger partial charge in [0, 0.05) is 19.7 Å². The van der Waals surface area contributed by atoms with Gasteiger partial charge in [-0.15, -0.1) is 0 Å². The van der Waals surface area contributed by atoms with E-state index in [0.717, 1.165) is 11.3 Å². The highest BCUT2D eigenvalue weighted by Gasteiger charge is 2.06. The van der Waals surface area contributed by atoms with Gasteiger partial charge in [0.25, 0.3) is 0 Å². The summed E-state index contributed by atoms with van der Waals surface area (Å²) >= 11 is 0. The van der Waals surface area contributed by atoms with Crippen molar-refractivity contribution in [1.82, 2.24) is 5.12 Å². The molecule has 1 amide bonds. The van der Waals surface area contributed by atoms with E-state index in [9.17, 15) is 9.28 Å². The smallest absolute Gasteiger partial charge is 0.247 e. The summed E-state index contributed by atoms with van der Waals surface area (Å²) in [5.74, 6) is -0.581. The van der Waals surface area contributed by atoms with Gasteiger partial charge in [-0.05, 0) is 17.7 Å². The Morgan fingerprint density at radius 2 is 2.00 bits per heavy atom. The summed E-state index contributed by atoms with van der Waals surface area (Å²) in [6.07, 6.45) is 0. The molecular weight excluding hydrogens is 183 g/mol. The van der Waals surface area contributed by atoms with Gasteiger partial charge in [-0.3, -0.25) is 4.79 Å². The van der Waals surface area contributed by atoms with Crippen LogP contribution in [0, 0.1) is 0 Å². The SMILES string of the molecule is CNc1ccc(CN(F)C(C)=O)cc1. The molecule has 1 aromatic carbocycles. The quantitative estimate of drug-likeness (QED) is 0.749. The summed E-state index contributed by atoms with van der Waals surface area (Å²) in [6, 6.07) is 7.23. The standard InChI is InChI=1S/C10H13FN2O/c1-8(14)13(11)7-9-3-5-10(12-2)6-4-9/h3-6,12H,7H2,1-2H3. The van der Waals surface area contributed by atoms with E-state index in [2.05, 4.69) is 5.32 Å². The number of amides is 1. The Kier molecular flexibility index (Phi) is 3.45. The number of hydrogen-bond donors (Lipinski definition) is 1. The molecule has 0 aliphatic carbocycles. The van der Waals surface area contributed by atoms with E-state index in [-0.39, 0.29) is 11.7 Å². The number of halogens is 1. The summed E-state index contributed by atoms with van der Waals surface area (Å²) in [4.78, 5) is 10.6. The average molecular weight is 196 g/mol. The molecule has 4 heteroatoms. The van der Waals surface area contributed by atoms with Crippen molar-refractivity contribution in [1.29, 1.82) is 0 Å². The van der Waals surface area contributed by atoms with E-state index in [0.29, 0.717) is 0 Å². The summed E-state index contributed by atoms with van der Waals surface area (Å²) < 4.78 is 12.9. The van der Waals surface area contributed by atoms with Crippen molar-refractivity contribution < 1.29 is 9.28 Å². The van der Waals surface area contributed by atoms with Crippen molar-refractivity contribution in [2.45, 2.75) is 13.5 Å². The number of nitrogens with one attached hydrogen (secondary N) is 1. The van der Waals surface area contributed by atoms with Crippen molar-refractivity contribution >= 4 is 11.6 Å². The topological polar surface area (TPSA) is 32.3 Å². The zero-order valence-corrected chi connectivity index (χ0v) is 8.25. The first kappa shape index (κ1) is 10.5. The molecule has 0 bridgehead atoms. The van der Waals surface area contributed by atoms with E-state index >= 15 is 0 Å². The number of carbonyl (C=O) groups is 1. The van der Waals surface area contributed by atoms with Gasteiger partial charge >= 0.3 is 0 Å². The molecule has 1 rings (SSSR count). The van der Waals surface area contributed by atoms with Crippen LogP contribution in [0.2, 0.25) is 0 Å². The Bertz CT molecular complexity index is 310. The zero-order chi connectivity index (χ0) is 10.6. The lowest BCUT2D eigenvalue weighted by molar-refractivity contribution is -0.145. The normalized spacial score (nSPS) is 9.64. The summed E-state index contributed by atoms with van der Waals surface area (Å²) in [7, 11) is 1.81. The summed E-state index contributed by atoms with van der Waals surface area (Å²) in [6.45, 7) is 1.20. The van der Waals surface area contributed by atoms with Crippen LogP contribution in [0.25, 0.3) is 0 Å². The van der Waals surface area contributed by atoms with E-state index < -0.39 is 5.91 Å². The van der Waals surface area contributed by atoms with Crippen molar-refractivity contribution in [3.63, 3.8) is 0 Å². The van der Waals surface area contributed by atoms with Crippen LogP contribution in [0.1, 0.15) is 12.5 Å². The third kappa shape index (κ3) is 2.73. The Labute approximate surface area is 82.5 Å². The predicted octanol–water partition coefficient (Wildman–Crippen LogP) is 1.96. The summed E-state index contributed by atoms with van der Waals surface area (Å²) in [5.41, 5.74) is 1.73. The van der Waals surface area contributed by atoms with Gasteiger partial charge < -0.3 is 5.32 Å². The molecule has 1 aromatic rings. The molecule has 14 heavy (non-hydrogen) atoms. The van der Waals surface area contributed by atoms with Gasteiger partial charge in [0.1, 0.15) is 0 Å². The van der Waals surface area contributed by atoms with E-state index in [1.54, 1.807) is 12.1 Å². The minimum atomic E-state index is -0.581. The lowest BCUT2D eigenvalue weighted by atomic mass is 10.2. The number of hydrogen-bond acceptors (Lipinski definition) is 2. The second-order valence-electron chi connectivity index (χ2n) is 2.99. The molecule has 0 aliphatic rings. The molecular formula is C10H13FN2O. The first-order valence-electron chi connectivity index (χ1n) is 4.34. The second kappa shape index (κ2) is 4.60. The first-order valence-corrected chi connectivity index (χ1v) is 4.34. The molecule has 0 aliphatic heterocycles. The Hall–Kier alpha value is -1.58. The van der Waals surface area contributed by atoms with Crippen LogP contribution < -0.4 is 5.32 Å². The van der Waals surface area contributed by atoms with Gasteiger partial charge in [-0.2, -0.15) is 5.12 Å². The van der Waals surface area contributed by atoms with Gasteiger partial charge in [0.15, 0.2) is 0 Å². The van der Waals surface area contributed by atoms with E-state index in [1.165, 1.54) is 6.92 Å². The van der Waals surface area contributed by atoms with E-state index in [4.69, 9.17) is 0 Å². The lowest BCUT2D eigenvalue weighted by Gasteiger charge is -2.09. The maximum Gasteiger partial charge on any atom is 0.247 e. The van der Waals surface area contributed by atoms with Crippen molar-refractivity contribution in [2.24, 2.45) is 0 Å². The Morgan fingerprint density at radius 1 is 1.43 bits per heavy atom. The molecule has 3 nitrogen and oxygen atoms in total. The van der Waals surface area contributed by atoms with Crippen LogP contribution >= 0.6 is 0 Å². The fraction of sp³-hybridized carbons (Fsp3) is 0.300. The van der Waals surface area contributed by atoms with Crippen molar-refractivity contribution in [3.8, 4) is 0 Å². The van der Waals surface area contributed by atoms with Crippen LogP contribution in [0.4, 0.5) is 10.2 Å². The van der Waals surface area contributed by atoms with Crippen LogP contribution in [0.5, 0.6) is 0 Å². The van der Waals surface area contributed by atoms with Crippen LogP contribution in [0.3, 0.4) is 0 Å². The van der Waals surface area contributed by atoms with Gasteiger partial charge in [-0.1, -0.05) is 16.6 Å². The van der Waals surface area contributed by atoms with E-state index in [1.807, 2.05) is 19.2 Å². The number of nitrogens with zero attached hydrogens (tertiary/aromatic N) is 1. The number of benzene rings is 1. The third-order valence-electron chi connectivity index (χ3n) is 1.91. The molecule has 76 valence electrons. The van der Waals surface area contributed by atoms with Gasteiger partial charge in [0.05, 0.1) is 6.54 Å². The van der Waals surface area contributed by atoms with Crippen LogP contribution in [0.15, 0.2) is 24.3 Å². The lowest BCUT2D eigenvalue weighted by Crippen LogP contribution is -2.18. The zero-order valence-electron chi connectivity index (χ0n) is 8.25. The molecule has 0 saturated heterocycles. The maximum absolute atomic E-state index is 12.9. The average Bonchev–Trinajstić information content (AvgIpc) is 2.19. The number of carbonyl (C=O) groups excluding carboxylic acids is 1. The fourth-order valence-electron chi connectivity index (χ4n) is 1.05. The molecule has 1 N–H and O–H groups in total. The highest BCUT2D eigenvalue weighted by molar-refractivity contribution is 5.71. The number of rotatable bonds is 3. The Morgan fingerprint density at radius 3 is 2.43 bits per heavy atom. The molecule has 0 radical (unpaired) electrons. The van der Waals surface area contributed by atoms with Crippen molar-refractivity contribution in [3.05, 3.63) is 29.8 Å². The second-order valence-corrected chi connectivity index (χ2v) is 2.99. The molecule has 0 fully saturated rings. The molecule has 0 atom stereocenters. The predicted molar refractivity (Wildman–Crippen MR) is 53.3 cm³/mol. The van der Waals surface area contributed by atoms with Gasteiger partial charge in [-0.25, -0.2) is 0 Å². The largest absolute Gasteiger partial charge is 0.388 e. The highest BCUT2D eigenvalue weighted by atomic mass is 19.2. The van der Waals surface area contributed by atoms with Crippen molar-refractivity contribution in [2.75, 3.05) is 12.4 Å². The molecule has 0 heterocycles. The molecule has 0 aromatic heterocycles. The van der Waals surface area contributed by atoms with Crippen LogP contribution in [-0.2, 0) is 11.3 Å². The monoisotopic (exact) mass is 196 g/mol. The molecule has 0 unspecified atom stereocenters.